The molecule has 106 valence electrons. The number of benzene rings is 1. The highest BCUT2D eigenvalue weighted by molar-refractivity contribution is 7.89. The Balaban J connectivity index is 2.10. The minimum atomic E-state index is -3.59. The van der Waals surface area contributed by atoms with E-state index in [-0.39, 0.29) is 4.90 Å². The molecule has 0 amide bonds. The molecule has 1 aliphatic heterocycles. The predicted molar refractivity (Wildman–Crippen MR) is 72.3 cm³/mol. The van der Waals surface area contributed by atoms with Crippen LogP contribution in [0.2, 0.25) is 0 Å². The third kappa shape index (κ3) is 3.45. The molecule has 7 heteroatoms. The fourth-order valence-electron chi connectivity index (χ4n) is 2.09. The summed E-state index contributed by atoms with van der Waals surface area (Å²) in [5, 5.41) is 0. The first-order chi connectivity index (χ1) is 9.04. The maximum atomic E-state index is 13.1. The van der Waals surface area contributed by atoms with Crippen molar-refractivity contribution in [3.63, 3.8) is 0 Å². The van der Waals surface area contributed by atoms with Crippen LogP contribution in [0, 0.1) is 5.82 Å². The monoisotopic (exact) mass is 306 g/mol. The van der Waals surface area contributed by atoms with E-state index in [4.69, 9.17) is 11.6 Å². The van der Waals surface area contributed by atoms with Crippen molar-refractivity contribution < 1.29 is 12.8 Å². The van der Waals surface area contributed by atoms with Crippen molar-refractivity contribution in [2.45, 2.75) is 4.90 Å². The van der Waals surface area contributed by atoms with Crippen LogP contribution in [0.25, 0.3) is 0 Å². The van der Waals surface area contributed by atoms with E-state index >= 15 is 0 Å². The van der Waals surface area contributed by atoms with Gasteiger partial charge in [-0.2, -0.15) is 4.31 Å². The summed E-state index contributed by atoms with van der Waals surface area (Å²) in [6, 6.07) is 5.12. The first kappa shape index (κ1) is 14.7. The van der Waals surface area contributed by atoms with E-state index in [2.05, 4.69) is 4.90 Å². The number of nitrogens with zero attached hydrogens (tertiary/aromatic N) is 2. The average Bonchev–Trinajstić information content (AvgIpc) is 2.40. The molecule has 0 aliphatic carbocycles. The first-order valence-electron chi connectivity index (χ1n) is 6.08. The summed E-state index contributed by atoms with van der Waals surface area (Å²) in [5.74, 6) is -0.00161. The second kappa shape index (κ2) is 6.17. The van der Waals surface area contributed by atoms with Crippen molar-refractivity contribution in [2.75, 3.05) is 38.6 Å². The Bertz CT molecular complexity index is 530. The van der Waals surface area contributed by atoms with E-state index in [1.54, 1.807) is 0 Å². The van der Waals surface area contributed by atoms with Crippen LogP contribution in [0.15, 0.2) is 29.2 Å². The molecule has 0 bridgehead atoms. The lowest BCUT2D eigenvalue weighted by Crippen LogP contribution is -2.48. The van der Waals surface area contributed by atoms with E-state index in [1.807, 2.05) is 0 Å². The van der Waals surface area contributed by atoms with Gasteiger partial charge in [0, 0.05) is 38.6 Å². The normalized spacial score (nSPS) is 18.6. The molecule has 0 aromatic heterocycles. The van der Waals surface area contributed by atoms with Gasteiger partial charge in [0.15, 0.2) is 0 Å². The second-order valence-corrected chi connectivity index (χ2v) is 6.71. The smallest absolute Gasteiger partial charge is 0.243 e. The Morgan fingerprint density at radius 3 is 2.47 bits per heavy atom. The molecule has 4 nitrogen and oxygen atoms in total. The molecule has 0 saturated carbocycles. The molecule has 0 radical (unpaired) electrons. The van der Waals surface area contributed by atoms with Gasteiger partial charge < -0.3 is 0 Å². The van der Waals surface area contributed by atoms with Crippen molar-refractivity contribution in [1.82, 2.24) is 9.21 Å². The molecule has 1 aromatic carbocycles. The summed E-state index contributed by atoms with van der Waals surface area (Å²) in [6.45, 7) is 2.89. The Morgan fingerprint density at radius 1 is 1.21 bits per heavy atom. The molecule has 19 heavy (non-hydrogen) atoms. The summed E-state index contributed by atoms with van der Waals surface area (Å²) in [7, 11) is -3.59. The maximum absolute atomic E-state index is 13.1. The van der Waals surface area contributed by atoms with E-state index < -0.39 is 15.8 Å². The van der Waals surface area contributed by atoms with E-state index in [1.165, 1.54) is 22.5 Å². The van der Waals surface area contributed by atoms with Crippen LogP contribution in [-0.2, 0) is 10.0 Å². The van der Waals surface area contributed by atoms with Crippen LogP contribution in [-0.4, -0.2) is 56.2 Å². The van der Waals surface area contributed by atoms with Gasteiger partial charge >= 0.3 is 0 Å². The number of hydrogen-bond donors (Lipinski definition) is 0. The standard InChI is InChI=1S/C12H16ClFN2O2S/c13-4-5-15-6-8-16(9-7-15)19(17,18)12-3-1-2-11(14)10-12/h1-3,10H,4-9H2. The molecular weight excluding hydrogens is 291 g/mol. The fraction of sp³-hybridized carbons (Fsp3) is 0.500. The summed E-state index contributed by atoms with van der Waals surface area (Å²) in [5.41, 5.74) is 0. The highest BCUT2D eigenvalue weighted by atomic mass is 35.5. The van der Waals surface area contributed by atoms with Crippen LogP contribution >= 0.6 is 11.6 Å². The Labute approximate surface area is 117 Å². The lowest BCUT2D eigenvalue weighted by atomic mass is 10.3. The largest absolute Gasteiger partial charge is 0.300 e. The molecule has 0 unspecified atom stereocenters. The van der Waals surface area contributed by atoms with Gasteiger partial charge in [0.1, 0.15) is 5.82 Å². The van der Waals surface area contributed by atoms with Gasteiger partial charge in [-0.05, 0) is 18.2 Å². The zero-order valence-corrected chi connectivity index (χ0v) is 12.0. The fourth-order valence-corrected chi connectivity index (χ4v) is 3.78. The molecule has 1 heterocycles. The molecule has 2 rings (SSSR count). The van der Waals surface area contributed by atoms with Crippen LogP contribution in [0.3, 0.4) is 0 Å². The van der Waals surface area contributed by atoms with Crippen LogP contribution in [0.1, 0.15) is 0 Å². The van der Waals surface area contributed by atoms with Crippen molar-refractivity contribution in [2.24, 2.45) is 0 Å². The first-order valence-corrected chi connectivity index (χ1v) is 8.05. The number of alkyl halides is 1. The topological polar surface area (TPSA) is 40.6 Å². The Morgan fingerprint density at radius 2 is 1.89 bits per heavy atom. The number of hydrogen-bond acceptors (Lipinski definition) is 3. The molecular formula is C12H16ClFN2O2S. The Kier molecular flexibility index (Phi) is 4.78. The molecule has 1 saturated heterocycles. The number of piperazine rings is 1. The molecule has 0 N–H and O–H groups in total. The van der Waals surface area contributed by atoms with E-state index in [0.29, 0.717) is 32.1 Å². The number of halogens is 2. The predicted octanol–water partition coefficient (Wildman–Crippen LogP) is 1.37. The summed E-state index contributed by atoms with van der Waals surface area (Å²) >= 11 is 5.66. The van der Waals surface area contributed by atoms with Gasteiger partial charge in [0.05, 0.1) is 4.90 Å². The quantitative estimate of drug-likeness (QED) is 0.789. The SMILES string of the molecule is O=S(=O)(c1cccc(F)c1)N1CCN(CCCl)CC1. The molecule has 0 spiro atoms. The highest BCUT2D eigenvalue weighted by Gasteiger charge is 2.28. The average molecular weight is 307 g/mol. The van der Waals surface area contributed by atoms with Gasteiger partial charge in [-0.1, -0.05) is 6.07 Å². The Hall–Kier alpha value is -0.690. The molecule has 1 aromatic rings. The summed E-state index contributed by atoms with van der Waals surface area (Å²) < 4.78 is 39.2. The minimum Gasteiger partial charge on any atom is -0.300 e. The summed E-state index contributed by atoms with van der Waals surface area (Å²) in [6.07, 6.45) is 0. The zero-order valence-electron chi connectivity index (χ0n) is 10.4. The molecule has 0 atom stereocenters. The van der Waals surface area contributed by atoms with Crippen LogP contribution < -0.4 is 0 Å². The maximum Gasteiger partial charge on any atom is 0.243 e. The zero-order chi connectivity index (χ0) is 13.9. The third-order valence-corrected chi connectivity index (χ3v) is 5.23. The number of rotatable bonds is 4. The molecule has 1 aliphatic rings. The molecule has 1 fully saturated rings. The minimum absolute atomic E-state index is 0.0123. The summed E-state index contributed by atoms with van der Waals surface area (Å²) in [4.78, 5) is 2.13. The lowest BCUT2D eigenvalue weighted by Gasteiger charge is -2.33. The second-order valence-electron chi connectivity index (χ2n) is 4.39. The van der Waals surface area contributed by atoms with E-state index in [9.17, 15) is 12.8 Å². The van der Waals surface area contributed by atoms with Gasteiger partial charge in [-0.25, -0.2) is 12.8 Å². The highest BCUT2D eigenvalue weighted by Crippen LogP contribution is 2.18. The van der Waals surface area contributed by atoms with Crippen LogP contribution in [0.5, 0.6) is 0 Å². The van der Waals surface area contributed by atoms with Crippen molar-refractivity contribution in [3.8, 4) is 0 Å². The van der Waals surface area contributed by atoms with E-state index in [0.717, 1.165) is 12.6 Å². The van der Waals surface area contributed by atoms with Gasteiger partial charge in [-0.3, -0.25) is 4.90 Å². The number of sulfonamides is 1. The third-order valence-electron chi connectivity index (χ3n) is 3.17. The van der Waals surface area contributed by atoms with Gasteiger partial charge in [0.2, 0.25) is 10.0 Å². The van der Waals surface area contributed by atoms with Crippen LogP contribution in [0.4, 0.5) is 4.39 Å². The lowest BCUT2D eigenvalue weighted by molar-refractivity contribution is 0.197. The van der Waals surface area contributed by atoms with Gasteiger partial charge in [-0.15, -0.1) is 11.6 Å². The van der Waals surface area contributed by atoms with Crippen molar-refractivity contribution in [1.29, 1.82) is 0 Å². The van der Waals surface area contributed by atoms with Gasteiger partial charge in [0.25, 0.3) is 0 Å². The van der Waals surface area contributed by atoms with Crippen molar-refractivity contribution in [3.05, 3.63) is 30.1 Å². The van der Waals surface area contributed by atoms with Crippen molar-refractivity contribution >= 4 is 21.6 Å².